The van der Waals surface area contributed by atoms with Gasteiger partial charge >= 0.3 is 0 Å². The number of methoxy groups -OCH3 is 1. The van der Waals surface area contributed by atoms with E-state index in [0.717, 1.165) is 37.1 Å². The van der Waals surface area contributed by atoms with E-state index in [1.54, 1.807) is 7.11 Å². The predicted molar refractivity (Wildman–Crippen MR) is 102 cm³/mol. The molecule has 0 saturated heterocycles. The fraction of sp³-hybridized carbons (Fsp3) is 0.562. The Kier molecular flexibility index (Phi) is 13.0. The maximum absolute atomic E-state index is 5.81. The largest absolute Gasteiger partial charge is 0.493 e. The lowest BCUT2D eigenvalue weighted by Crippen LogP contribution is -2.32. The SMILES string of the molecule is CCCCNC(N)=NCc1cccc(OCCCOC)c1.I. The summed E-state index contributed by atoms with van der Waals surface area (Å²) < 4.78 is 10.6. The lowest BCUT2D eigenvalue weighted by atomic mass is 10.2. The van der Waals surface area contributed by atoms with E-state index in [0.29, 0.717) is 25.7 Å². The average Bonchev–Trinajstić information content (AvgIpc) is 2.50. The molecule has 1 aromatic rings. The van der Waals surface area contributed by atoms with Crippen LogP contribution >= 0.6 is 24.0 Å². The molecular weight excluding hydrogens is 393 g/mol. The van der Waals surface area contributed by atoms with Gasteiger partial charge in [0.1, 0.15) is 5.75 Å². The van der Waals surface area contributed by atoms with E-state index < -0.39 is 0 Å². The summed E-state index contributed by atoms with van der Waals surface area (Å²) in [6, 6.07) is 7.93. The molecule has 3 N–H and O–H groups in total. The Morgan fingerprint density at radius 1 is 1.27 bits per heavy atom. The second kappa shape index (κ2) is 13.6. The van der Waals surface area contributed by atoms with Crippen LogP contribution in [0.1, 0.15) is 31.7 Å². The molecule has 0 spiro atoms. The van der Waals surface area contributed by atoms with Crippen LogP contribution in [0.25, 0.3) is 0 Å². The molecule has 0 aliphatic rings. The van der Waals surface area contributed by atoms with Crippen molar-refractivity contribution in [2.24, 2.45) is 10.7 Å². The summed E-state index contributed by atoms with van der Waals surface area (Å²) in [5.74, 6) is 1.35. The lowest BCUT2D eigenvalue weighted by molar-refractivity contribution is 0.172. The number of hydrogen-bond donors (Lipinski definition) is 2. The second-order valence-electron chi connectivity index (χ2n) is 4.82. The van der Waals surface area contributed by atoms with Crippen molar-refractivity contribution >= 4 is 29.9 Å². The van der Waals surface area contributed by atoms with Crippen molar-refractivity contribution in [2.45, 2.75) is 32.7 Å². The number of halogens is 1. The van der Waals surface area contributed by atoms with Gasteiger partial charge in [0, 0.05) is 26.7 Å². The predicted octanol–water partition coefficient (Wildman–Crippen LogP) is 2.92. The van der Waals surface area contributed by atoms with Crippen LogP contribution in [-0.2, 0) is 11.3 Å². The van der Waals surface area contributed by atoms with Gasteiger partial charge in [-0.05, 0) is 24.1 Å². The van der Waals surface area contributed by atoms with E-state index in [9.17, 15) is 0 Å². The summed E-state index contributed by atoms with van der Waals surface area (Å²) in [5.41, 5.74) is 6.89. The number of nitrogens with one attached hydrogen (secondary N) is 1. The first-order valence-corrected chi connectivity index (χ1v) is 7.50. The van der Waals surface area contributed by atoms with Crippen LogP contribution in [0.4, 0.5) is 0 Å². The molecule has 22 heavy (non-hydrogen) atoms. The third-order valence-corrected chi connectivity index (χ3v) is 2.93. The lowest BCUT2D eigenvalue weighted by Gasteiger charge is -2.08. The van der Waals surface area contributed by atoms with Gasteiger partial charge in [0.25, 0.3) is 0 Å². The van der Waals surface area contributed by atoms with Crippen LogP contribution in [0.3, 0.4) is 0 Å². The first-order chi connectivity index (χ1) is 10.3. The van der Waals surface area contributed by atoms with Crippen LogP contribution in [0.5, 0.6) is 5.75 Å². The molecule has 0 radical (unpaired) electrons. The summed E-state index contributed by atoms with van der Waals surface area (Å²) in [4.78, 5) is 4.32. The molecule has 0 aliphatic heterocycles. The fourth-order valence-corrected chi connectivity index (χ4v) is 1.75. The number of nitrogens with zero attached hydrogens (tertiary/aromatic N) is 1. The molecule has 6 heteroatoms. The average molecular weight is 421 g/mol. The van der Waals surface area contributed by atoms with Gasteiger partial charge in [-0.2, -0.15) is 0 Å². The monoisotopic (exact) mass is 421 g/mol. The molecule has 1 rings (SSSR count). The molecule has 0 saturated carbocycles. The van der Waals surface area contributed by atoms with Crippen molar-refractivity contribution in [1.29, 1.82) is 0 Å². The molecular formula is C16H28IN3O2. The molecule has 0 atom stereocenters. The minimum Gasteiger partial charge on any atom is -0.493 e. The zero-order valence-corrected chi connectivity index (χ0v) is 15.8. The van der Waals surface area contributed by atoms with Gasteiger partial charge in [-0.15, -0.1) is 24.0 Å². The van der Waals surface area contributed by atoms with Crippen LogP contribution in [-0.4, -0.2) is 32.8 Å². The van der Waals surface area contributed by atoms with Crippen molar-refractivity contribution in [1.82, 2.24) is 5.32 Å². The second-order valence-corrected chi connectivity index (χ2v) is 4.82. The molecule has 0 fully saturated rings. The van der Waals surface area contributed by atoms with Crippen LogP contribution in [0.15, 0.2) is 29.3 Å². The van der Waals surface area contributed by atoms with Gasteiger partial charge in [0.15, 0.2) is 5.96 Å². The first-order valence-electron chi connectivity index (χ1n) is 7.50. The van der Waals surface area contributed by atoms with E-state index in [2.05, 4.69) is 17.2 Å². The van der Waals surface area contributed by atoms with E-state index in [1.165, 1.54) is 0 Å². The first kappa shape index (κ1) is 21.0. The Morgan fingerprint density at radius 3 is 2.82 bits per heavy atom. The Balaban J connectivity index is 0.00000441. The summed E-state index contributed by atoms with van der Waals surface area (Å²) in [5, 5.41) is 3.10. The van der Waals surface area contributed by atoms with Crippen LogP contribution < -0.4 is 15.8 Å². The molecule has 0 bridgehead atoms. The highest BCUT2D eigenvalue weighted by atomic mass is 127. The zero-order chi connectivity index (χ0) is 15.3. The third-order valence-electron chi connectivity index (χ3n) is 2.93. The minimum absolute atomic E-state index is 0. The highest BCUT2D eigenvalue weighted by Gasteiger charge is 1.98. The minimum atomic E-state index is 0. The Morgan fingerprint density at radius 2 is 2.09 bits per heavy atom. The van der Waals surface area contributed by atoms with Crippen molar-refractivity contribution in [3.8, 4) is 5.75 Å². The number of hydrogen-bond acceptors (Lipinski definition) is 3. The molecule has 126 valence electrons. The summed E-state index contributed by atoms with van der Waals surface area (Å²) in [6.07, 6.45) is 3.12. The van der Waals surface area contributed by atoms with Gasteiger partial charge in [0.2, 0.25) is 0 Å². The van der Waals surface area contributed by atoms with Gasteiger partial charge in [-0.1, -0.05) is 25.5 Å². The number of aliphatic imine (C=N–C) groups is 1. The highest BCUT2D eigenvalue weighted by Crippen LogP contribution is 2.14. The smallest absolute Gasteiger partial charge is 0.188 e. The molecule has 0 unspecified atom stereocenters. The Bertz CT molecular complexity index is 428. The van der Waals surface area contributed by atoms with E-state index in [1.807, 2.05) is 24.3 Å². The van der Waals surface area contributed by atoms with Gasteiger partial charge in [-0.25, -0.2) is 4.99 Å². The third kappa shape index (κ3) is 9.83. The van der Waals surface area contributed by atoms with Crippen molar-refractivity contribution in [3.63, 3.8) is 0 Å². The number of ether oxygens (including phenoxy) is 2. The Labute approximate surface area is 150 Å². The Hall–Kier alpha value is -1.02. The highest BCUT2D eigenvalue weighted by molar-refractivity contribution is 14.0. The number of rotatable bonds is 10. The van der Waals surface area contributed by atoms with Crippen molar-refractivity contribution < 1.29 is 9.47 Å². The molecule has 0 aliphatic carbocycles. The number of guanidine groups is 1. The molecule has 0 heterocycles. The standard InChI is InChI=1S/C16H27N3O2.HI/c1-3-4-9-18-16(17)19-13-14-7-5-8-15(12-14)21-11-6-10-20-2;/h5,7-8,12H,3-4,6,9-11,13H2,1-2H3,(H3,17,18,19);1H. The number of unbranched alkanes of at least 4 members (excludes halogenated alkanes) is 1. The topological polar surface area (TPSA) is 68.9 Å². The summed E-state index contributed by atoms with van der Waals surface area (Å²) >= 11 is 0. The van der Waals surface area contributed by atoms with Gasteiger partial charge in [0.05, 0.1) is 13.2 Å². The normalized spacial score (nSPS) is 10.9. The van der Waals surface area contributed by atoms with E-state index in [-0.39, 0.29) is 24.0 Å². The maximum Gasteiger partial charge on any atom is 0.188 e. The number of nitrogens with two attached hydrogens (primary N) is 1. The van der Waals surface area contributed by atoms with Crippen molar-refractivity contribution in [3.05, 3.63) is 29.8 Å². The van der Waals surface area contributed by atoms with E-state index in [4.69, 9.17) is 15.2 Å². The van der Waals surface area contributed by atoms with Gasteiger partial charge in [-0.3, -0.25) is 0 Å². The summed E-state index contributed by atoms with van der Waals surface area (Å²) in [7, 11) is 1.69. The maximum atomic E-state index is 5.81. The quantitative estimate of drug-likeness (QED) is 0.264. The van der Waals surface area contributed by atoms with Crippen molar-refractivity contribution in [2.75, 3.05) is 26.9 Å². The fourth-order valence-electron chi connectivity index (χ4n) is 1.75. The van der Waals surface area contributed by atoms with Crippen LogP contribution in [0.2, 0.25) is 0 Å². The zero-order valence-electron chi connectivity index (χ0n) is 13.5. The summed E-state index contributed by atoms with van der Waals surface area (Å²) in [6.45, 7) is 4.94. The van der Waals surface area contributed by atoms with Crippen LogP contribution in [0, 0.1) is 0 Å². The molecule has 0 aromatic heterocycles. The van der Waals surface area contributed by atoms with Gasteiger partial charge < -0.3 is 20.5 Å². The number of benzene rings is 1. The molecule has 5 nitrogen and oxygen atoms in total. The molecule has 0 amide bonds. The molecule has 1 aromatic carbocycles. The van der Waals surface area contributed by atoms with E-state index >= 15 is 0 Å².